The second-order valence-corrected chi connectivity index (χ2v) is 6.17. The van der Waals surface area contributed by atoms with Gasteiger partial charge in [-0.3, -0.25) is 0 Å². The van der Waals surface area contributed by atoms with E-state index in [9.17, 15) is 4.39 Å². The summed E-state index contributed by atoms with van der Waals surface area (Å²) in [6, 6.07) is 13.0. The van der Waals surface area contributed by atoms with Crippen molar-refractivity contribution in [3.63, 3.8) is 0 Å². The average molecular weight is 306 g/mol. The zero-order valence-electron chi connectivity index (χ0n) is 12.7. The van der Waals surface area contributed by atoms with E-state index in [1.165, 1.54) is 11.6 Å². The van der Waals surface area contributed by atoms with Gasteiger partial charge in [0.25, 0.3) is 0 Å². The van der Waals surface area contributed by atoms with Crippen LogP contribution in [0.15, 0.2) is 42.5 Å². The number of halogens is 2. The SMILES string of the molecule is CNC(c1cccc(CC(C)C)c1)c1ccc(Cl)cc1F. The van der Waals surface area contributed by atoms with E-state index in [1.54, 1.807) is 12.1 Å². The molecule has 0 saturated carbocycles. The van der Waals surface area contributed by atoms with E-state index in [4.69, 9.17) is 11.6 Å². The zero-order chi connectivity index (χ0) is 15.4. The van der Waals surface area contributed by atoms with Gasteiger partial charge in [-0.25, -0.2) is 4.39 Å². The highest BCUT2D eigenvalue weighted by Crippen LogP contribution is 2.27. The van der Waals surface area contributed by atoms with Crippen molar-refractivity contribution in [3.8, 4) is 0 Å². The molecule has 0 spiro atoms. The Kier molecular flexibility index (Phi) is 5.38. The molecule has 0 fully saturated rings. The molecule has 0 aliphatic carbocycles. The van der Waals surface area contributed by atoms with Crippen molar-refractivity contribution in [3.05, 3.63) is 70.0 Å². The lowest BCUT2D eigenvalue weighted by molar-refractivity contribution is 0.575. The quantitative estimate of drug-likeness (QED) is 0.821. The predicted molar refractivity (Wildman–Crippen MR) is 87.3 cm³/mol. The Bertz CT molecular complexity index is 610. The summed E-state index contributed by atoms with van der Waals surface area (Å²) in [7, 11) is 1.84. The normalized spacial score (nSPS) is 12.7. The van der Waals surface area contributed by atoms with Gasteiger partial charge in [0.15, 0.2) is 0 Å². The molecule has 0 aromatic heterocycles. The fourth-order valence-corrected chi connectivity index (χ4v) is 2.77. The first kappa shape index (κ1) is 16.0. The van der Waals surface area contributed by atoms with Gasteiger partial charge in [0.2, 0.25) is 0 Å². The first-order valence-corrected chi connectivity index (χ1v) is 7.60. The largest absolute Gasteiger partial charge is 0.309 e. The Morgan fingerprint density at radius 1 is 1.14 bits per heavy atom. The molecular weight excluding hydrogens is 285 g/mol. The van der Waals surface area contributed by atoms with Crippen molar-refractivity contribution in [1.82, 2.24) is 5.32 Å². The van der Waals surface area contributed by atoms with Gasteiger partial charge in [0.1, 0.15) is 5.82 Å². The van der Waals surface area contributed by atoms with Crippen LogP contribution in [0.25, 0.3) is 0 Å². The van der Waals surface area contributed by atoms with Gasteiger partial charge >= 0.3 is 0 Å². The molecule has 1 N–H and O–H groups in total. The molecule has 0 saturated heterocycles. The standard InChI is InChI=1S/C18H21ClFN/c1-12(2)9-13-5-4-6-14(10-13)18(21-3)16-8-7-15(19)11-17(16)20/h4-8,10-12,18,21H,9H2,1-3H3. The smallest absolute Gasteiger partial charge is 0.129 e. The zero-order valence-corrected chi connectivity index (χ0v) is 13.4. The summed E-state index contributed by atoms with van der Waals surface area (Å²) in [6.45, 7) is 4.39. The van der Waals surface area contributed by atoms with E-state index in [2.05, 4.69) is 31.3 Å². The maximum Gasteiger partial charge on any atom is 0.129 e. The van der Waals surface area contributed by atoms with Crippen molar-refractivity contribution in [2.45, 2.75) is 26.3 Å². The minimum Gasteiger partial charge on any atom is -0.309 e. The van der Waals surface area contributed by atoms with E-state index in [-0.39, 0.29) is 11.9 Å². The van der Waals surface area contributed by atoms with Crippen LogP contribution in [0.1, 0.15) is 36.6 Å². The fourth-order valence-electron chi connectivity index (χ4n) is 2.61. The van der Waals surface area contributed by atoms with Crippen LogP contribution in [-0.2, 0) is 6.42 Å². The lowest BCUT2D eigenvalue weighted by Gasteiger charge is -2.19. The number of nitrogens with one attached hydrogen (secondary N) is 1. The summed E-state index contributed by atoms with van der Waals surface area (Å²) in [5.74, 6) is 0.316. The average Bonchev–Trinajstić information content (AvgIpc) is 2.41. The monoisotopic (exact) mass is 305 g/mol. The second kappa shape index (κ2) is 7.06. The predicted octanol–water partition coefficient (Wildman–Crippen LogP) is 4.99. The van der Waals surface area contributed by atoms with Gasteiger partial charge in [-0.2, -0.15) is 0 Å². The maximum absolute atomic E-state index is 14.2. The molecule has 21 heavy (non-hydrogen) atoms. The Hall–Kier alpha value is -1.38. The van der Waals surface area contributed by atoms with Gasteiger partial charge in [0, 0.05) is 10.6 Å². The topological polar surface area (TPSA) is 12.0 Å². The maximum atomic E-state index is 14.2. The third-order valence-electron chi connectivity index (χ3n) is 3.49. The summed E-state index contributed by atoms with van der Waals surface area (Å²) in [4.78, 5) is 0. The molecule has 0 aliphatic rings. The van der Waals surface area contributed by atoms with E-state index < -0.39 is 0 Å². The van der Waals surface area contributed by atoms with Gasteiger partial charge < -0.3 is 5.32 Å². The van der Waals surface area contributed by atoms with E-state index >= 15 is 0 Å². The van der Waals surface area contributed by atoms with E-state index in [0.717, 1.165) is 12.0 Å². The Morgan fingerprint density at radius 3 is 2.52 bits per heavy atom. The van der Waals surface area contributed by atoms with Crippen molar-refractivity contribution >= 4 is 11.6 Å². The molecule has 0 heterocycles. The van der Waals surface area contributed by atoms with Gasteiger partial charge in [0.05, 0.1) is 6.04 Å². The molecule has 1 nitrogen and oxygen atoms in total. The highest BCUT2D eigenvalue weighted by molar-refractivity contribution is 6.30. The molecular formula is C18H21ClFN. The highest BCUT2D eigenvalue weighted by atomic mass is 35.5. The Labute approximate surface area is 131 Å². The molecule has 1 atom stereocenters. The van der Waals surface area contributed by atoms with Crippen molar-refractivity contribution in [2.75, 3.05) is 7.05 Å². The first-order valence-electron chi connectivity index (χ1n) is 7.22. The first-order chi connectivity index (χ1) is 10.0. The van der Waals surface area contributed by atoms with E-state index in [1.807, 2.05) is 19.2 Å². The van der Waals surface area contributed by atoms with Gasteiger partial charge in [-0.15, -0.1) is 0 Å². The minimum absolute atomic E-state index is 0.172. The Balaban J connectivity index is 2.37. The number of rotatable bonds is 5. The highest BCUT2D eigenvalue weighted by Gasteiger charge is 2.16. The van der Waals surface area contributed by atoms with Crippen LogP contribution in [0.4, 0.5) is 4.39 Å². The van der Waals surface area contributed by atoms with Crippen LogP contribution in [-0.4, -0.2) is 7.05 Å². The lowest BCUT2D eigenvalue weighted by Crippen LogP contribution is -2.19. The molecule has 3 heteroatoms. The number of benzene rings is 2. The van der Waals surface area contributed by atoms with Gasteiger partial charge in [-0.1, -0.05) is 55.8 Å². The van der Waals surface area contributed by atoms with Crippen LogP contribution >= 0.6 is 11.6 Å². The lowest BCUT2D eigenvalue weighted by atomic mass is 9.94. The summed E-state index contributed by atoms with van der Waals surface area (Å²) in [5, 5.41) is 3.61. The Morgan fingerprint density at radius 2 is 1.90 bits per heavy atom. The molecule has 1 unspecified atom stereocenters. The van der Waals surface area contributed by atoms with Gasteiger partial charge in [-0.05, 0) is 42.6 Å². The second-order valence-electron chi connectivity index (χ2n) is 5.73. The third-order valence-corrected chi connectivity index (χ3v) is 3.73. The molecule has 0 amide bonds. The molecule has 0 aliphatic heterocycles. The molecule has 112 valence electrons. The van der Waals surface area contributed by atoms with Crippen molar-refractivity contribution in [1.29, 1.82) is 0 Å². The van der Waals surface area contributed by atoms with Crippen LogP contribution in [0, 0.1) is 11.7 Å². The summed E-state index contributed by atoms with van der Waals surface area (Å²) in [6.07, 6.45) is 1.02. The number of hydrogen-bond donors (Lipinski definition) is 1. The number of hydrogen-bond acceptors (Lipinski definition) is 1. The summed E-state index contributed by atoms with van der Waals surface area (Å²) < 4.78 is 14.2. The van der Waals surface area contributed by atoms with Crippen LogP contribution in [0.2, 0.25) is 5.02 Å². The summed E-state index contributed by atoms with van der Waals surface area (Å²) >= 11 is 5.83. The van der Waals surface area contributed by atoms with Crippen molar-refractivity contribution in [2.24, 2.45) is 5.92 Å². The molecule has 0 radical (unpaired) electrons. The molecule has 2 rings (SSSR count). The van der Waals surface area contributed by atoms with Crippen LogP contribution < -0.4 is 5.32 Å². The summed E-state index contributed by atoms with van der Waals surface area (Å²) in [5.41, 5.74) is 2.96. The molecule has 2 aromatic carbocycles. The van der Waals surface area contributed by atoms with Crippen LogP contribution in [0.3, 0.4) is 0 Å². The van der Waals surface area contributed by atoms with Crippen molar-refractivity contribution < 1.29 is 4.39 Å². The molecule has 2 aromatic rings. The molecule has 0 bridgehead atoms. The van der Waals surface area contributed by atoms with Crippen LogP contribution in [0.5, 0.6) is 0 Å². The minimum atomic E-state index is -0.281. The third kappa shape index (κ3) is 4.05. The van der Waals surface area contributed by atoms with E-state index in [0.29, 0.717) is 16.5 Å². The fraction of sp³-hybridized carbons (Fsp3) is 0.333.